The maximum Gasteiger partial charge on any atom is 0.305 e. The molecule has 1 amide bonds. The van der Waals surface area contributed by atoms with Crippen LogP contribution in [0.15, 0.2) is 53.9 Å². The molecule has 0 aliphatic carbocycles. The number of nitrogens with zero attached hydrogens (tertiary/aromatic N) is 1. The van der Waals surface area contributed by atoms with Gasteiger partial charge in [-0.15, -0.1) is 11.3 Å². The number of aromatic nitrogens is 1. The Bertz CT molecular complexity index is 1000. The molecule has 0 bridgehead atoms. The number of carboxylic acid groups (broad SMARTS) is 1. The largest absolute Gasteiger partial charge is 0.494 e. The van der Waals surface area contributed by atoms with E-state index in [1.807, 2.05) is 19.1 Å². The summed E-state index contributed by atoms with van der Waals surface area (Å²) in [7, 11) is 0. The van der Waals surface area contributed by atoms with Gasteiger partial charge in [-0.1, -0.05) is 35.9 Å². The monoisotopic (exact) mass is 430 g/mol. The Morgan fingerprint density at radius 2 is 2.00 bits per heavy atom. The standard InChI is InChI=1S/C21H19ClN2O4S/c1-2-28-16-5-3-4-14(10-16)17(11-19(25)26)23-20(27)18-12-29-21(24-18)13-6-8-15(22)9-7-13/h3-10,12,17H,2,11H2,1H3,(H,23,27)(H,25,26)/t17-/m0/s1. The summed E-state index contributed by atoms with van der Waals surface area (Å²) in [5, 5.41) is 15.0. The summed E-state index contributed by atoms with van der Waals surface area (Å²) < 4.78 is 5.47. The first-order valence-electron chi connectivity index (χ1n) is 8.93. The molecule has 0 aliphatic rings. The summed E-state index contributed by atoms with van der Waals surface area (Å²) in [5.74, 6) is -0.833. The number of hydrogen-bond acceptors (Lipinski definition) is 5. The van der Waals surface area contributed by atoms with Crippen LogP contribution in [0.4, 0.5) is 0 Å². The molecule has 0 unspecified atom stereocenters. The number of ether oxygens (including phenoxy) is 1. The van der Waals surface area contributed by atoms with E-state index in [0.717, 1.165) is 5.56 Å². The fraction of sp³-hybridized carbons (Fsp3) is 0.190. The van der Waals surface area contributed by atoms with E-state index in [-0.39, 0.29) is 12.1 Å². The smallest absolute Gasteiger partial charge is 0.305 e. The van der Waals surface area contributed by atoms with Gasteiger partial charge in [0, 0.05) is 16.0 Å². The molecule has 2 N–H and O–H groups in total. The number of nitrogens with one attached hydrogen (secondary N) is 1. The molecule has 8 heteroatoms. The minimum Gasteiger partial charge on any atom is -0.494 e. The van der Waals surface area contributed by atoms with Crippen LogP contribution in [0.2, 0.25) is 5.02 Å². The second-order valence-electron chi connectivity index (χ2n) is 6.17. The average molecular weight is 431 g/mol. The number of halogens is 1. The number of amides is 1. The predicted molar refractivity (Wildman–Crippen MR) is 113 cm³/mol. The summed E-state index contributed by atoms with van der Waals surface area (Å²) in [6.45, 7) is 2.36. The van der Waals surface area contributed by atoms with E-state index in [2.05, 4.69) is 10.3 Å². The minimum absolute atomic E-state index is 0.233. The van der Waals surface area contributed by atoms with Crippen LogP contribution >= 0.6 is 22.9 Å². The summed E-state index contributed by atoms with van der Waals surface area (Å²) in [4.78, 5) is 28.4. The zero-order valence-electron chi connectivity index (χ0n) is 15.6. The topological polar surface area (TPSA) is 88.5 Å². The van der Waals surface area contributed by atoms with Crippen LogP contribution in [0, 0.1) is 0 Å². The van der Waals surface area contributed by atoms with Crippen molar-refractivity contribution in [2.45, 2.75) is 19.4 Å². The Kier molecular flexibility index (Phi) is 6.85. The molecule has 0 fully saturated rings. The van der Waals surface area contributed by atoms with Gasteiger partial charge in [-0.25, -0.2) is 4.98 Å². The fourth-order valence-corrected chi connectivity index (χ4v) is 3.68. The summed E-state index contributed by atoms with van der Waals surface area (Å²) >= 11 is 7.24. The Morgan fingerprint density at radius 3 is 2.69 bits per heavy atom. The van der Waals surface area contributed by atoms with Gasteiger partial charge in [0.05, 0.1) is 19.1 Å². The Labute approximate surface area is 177 Å². The normalized spacial score (nSPS) is 11.7. The maximum atomic E-state index is 12.7. The molecule has 0 saturated carbocycles. The molecule has 1 atom stereocenters. The third-order valence-electron chi connectivity index (χ3n) is 4.08. The van der Waals surface area contributed by atoms with E-state index in [1.54, 1.807) is 41.8 Å². The van der Waals surface area contributed by atoms with Crippen molar-refractivity contribution < 1.29 is 19.4 Å². The number of carbonyl (C=O) groups excluding carboxylic acids is 1. The Morgan fingerprint density at radius 1 is 1.24 bits per heavy atom. The Balaban J connectivity index is 1.79. The molecule has 3 rings (SSSR count). The van der Waals surface area contributed by atoms with Gasteiger partial charge in [-0.3, -0.25) is 9.59 Å². The second kappa shape index (κ2) is 9.54. The molecule has 0 saturated heterocycles. The zero-order chi connectivity index (χ0) is 20.8. The first kappa shape index (κ1) is 20.8. The molecule has 0 spiro atoms. The lowest BCUT2D eigenvalue weighted by molar-refractivity contribution is -0.137. The van der Waals surface area contributed by atoms with Crippen molar-refractivity contribution in [3.63, 3.8) is 0 Å². The van der Waals surface area contributed by atoms with Crippen molar-refractivity contribution in [2.75, 3.05) is 6.61 Å². The number of benzene rings is 2. The van der Waals surface area contributed by atoms with Crippen LogP contribution in [0.1, 0.15) is 35.4 Å². The molecule has 29 heavy (non-hydrogen) atoms. The van der Waals surface area contributed by atoms with Crippen LogP contribution in [0.5, 0.6) is 5.75 Å². The molecule has 3 aromatic rings. The van der Waals surface area contributed by atoms with E-state index >= 15 is 0 Å². The van der Waals surface area contributed by atoms with E-state index in [9.17, 15) is 14.7 Å². The van der Waals surface area contributed by atoms with Crippen molar-refractivity contribution in [2.24, 2.45) is 0 Å². The lowest BCUT2D eigenvalue weighted by Gasteiger charge is -2.17. The van der Waals surface area contributed by atoms with Crippen molar-refractivity contribution in [3.8, 4) is 16.3 Å². The Hall–Kier alpha value is -2.90. The lowest BCUT2D eigenvalue weighted by Crippen LogP contribution is -2.30. The summed E-state index contributed by atoms with van der Waals surface area (Å²) in [6.07, 6.45) is -0.254. The molecule has 150 valence electrons. The number of aliphatic carboxylic acids is 1. The van der Waals surface area contributed by atoms with Gasteiger partial charge in [-0.2, -0.15) is 0 Å². The van der Waals surface area contributed by atoms with Gasteiger partial charge in [0.25, 0.3) is 5.91 Å². The highest BCUT2D eigenvalue weighted by molar-refractivity contribution is 7.13. The molecule has 6 nitrogen and oxygen atoms in total. The van der Waals surface area contributed by atoms with E-state index in [0.29, 0.717) is 28.0 Å². The fourth-order valence-electron chi connectivity index (χ4n) is 2.75. The second-order valence-corrected chi connectivity index (χ2v) is 7.47. The van der Waals surface area contributed by atoms with E-state index in [1.165, 1.54) is 11.3 Å². The summed E-state index contributed by atoms with van der Waals surface area (Å²) in [6, 6.07) is 13.5. The van der Waals surface area contributed by atoms with Gasteiger partial charge >= 0.3 is 5.97 Å². The highest BCUT2D eigenvalue weighted by Crippen LogP contribution is 2.26. The quantitative estimate of drug-likeness (QED) is 0.535. The van der Waals surface area contributed by atoms with Crippen molar-refractivity contribution in [1.29, 1.82) is 0 Å². The van der Waals surface area contributed by atoms with Gasteiger partial charge in [0.2, 0.25) is 0 Å². The first-order valence-corrected chi connectivity index (χ1v) is 10.2. The predicted octanol–water partition coefficient (Wildman–Crippen LogP) is 4.81. The molecule has 0 aliphatic heterocycles. The third-order valence-corrected chi connectivity index (χ3v) is 5.23. The SMILES string of the molecule is CCOc1cccc([C@H](CC(=O)O)NC(=O)c2csc(-c3ccc(Cl)cc3)n2)c1. The van der Waals surface area contributed by atoms with Gasteiger partial charge in [0.1, 0.15) is 16.5 Å². The average Bonchev–Trinajstić information content (AvgIpc) is 3.18. The number of rotatable bonds is 8. The van der Waals surface area contributed by atoms with Gasteiger partial charge < -0.3 is 15.2 Å². The highest BCUT2D eigenvalue weighted by atomic mass is 35.5. The highest BCUT2D eigenvalue weighted by Gasteiger charge is 2.21. The van der Waals surface area contributed by atoms with Crippen molar-refractivity contribution in [1.82, 2.24) is 10.3 Å². The summed E-state index contributed by atoms with van der Waals surface area (Å²) in [5.41, 5.74) is 1.74. The van der Waals surface area contributed by atoms with Gasteiger partial charge in [-0.05, 0) is 36.8 Å². The van der Waals surface area contributed by atoms with E-state index in [4.69, 9.17) is 16.3 Å². The molecular weight excluding hydrogens is 412 g/mol. The third kappa shape index (κ3) is 5.56. The van der Waals surface area contributed by atoms with Crippen LogP contribution < -0.4 is 10.1 Å². The number of carbonyl (C=O) groups is 2. The minimum atomic E-state index is -1.02. The molecule has 2 aromatic carbocycles. The maximum absolute atomic E-state index is 12.7. The van der Waals surface area contributed by atoms with Crippen LogP contribution in [-0.2, 0) is 4.79 Å². The molecule has 0 radical (unpaired) electrons. The van der Waals surface area contributed by atoms with Gasteiger partial charge in [0.15, 0.2) is 0 Å². The van der Waals surface area contributed by atoms with Crippen LogP contribution in [-0.4, -0.2) is 28.6 Å². The van der Waals surface area contributed by atoms with Crippen LogP contribution in [0.25, 0.3) is 10.6 Å². The number of thiazole rings is 1. The molecular formula is C21H19ClN2O4S. The lowest BCUT2D eigenvalue weighted by atomic mass is 10.0. The molecule has 1 heterocycles. The van der Waals surface area contributed by atoms with Crippen molar-refractivity contribution in [3.05, 3.63) is 70.2 Å². The first-order chi connectivity index (χ1) is 14.0. The number of carboxylic acids is 1. The van der Waals surface area contributed by atoms with E-state index < -0.39 is 17.9 Å². The molecule has 1 aromatic heterocycles. The van der Waals surface area contributed by atoms with Crippen molar-refractivity contribution >= 4 is 34.8 Å². The van der Waals surface area contributed by atoms with Crippen LogP contribution in [0.3, 0.4) is 0 Å². The zero-order valence-corrected chi connectivity index (χ0v) is 17.2. The number of hydrogen-bond donors (Lipinski definition) is 2.